The molecular weight excluding hydrogens is 336 g/mol. The molecule has 4 nitrogen and oxygen atoms in total. The minimum absolute atomic E-state index is 0.420. The maximum atomic E-state index is 13.3. The van der Waals surface area contributed by atoms with Crippen molar-refractivity contribution in [3.8, 4) is 11.3 Å². The number of aromatic amines is 1. The van der Waals surface area contributed by atoms with E-state index in [9.17, 15) is 9.59 Å². The molecule has 0 fully saturated rings. The quantitative estimate of drug-likeness (QED) is 0.476. The number of rotatable bonds is 7. The Morgan fingerprint density at radius 1 is 0.926 bits per heavy atom. The third-order valence-corrected chi connectivity index (χ3v) is 4.74. The van der Waals surface area contributed by atoms with Gasteiger partial charge in [0, 0.05) is 24.0 Å². The first-order valence-corrected chi connectivity index (χ1v) is 9.58. The van der Waals surface area contributed by atoms with Gasteiger partial charge in [-0.15, -0.1) is 0 Å². The average molecular weight is 362 g/mol. The van der Waals surface area contributed by atoms with Gasteiger partial charge < -0.3 is 9.88 Å². The first kappa shape index (κ1) is 18.9. The van der Waals surface area contributed by atoms with E-state index in [1.54, 1.807) is 4.90 Å². The van der Waals surface area contributed by atoms with Crippen LogP contribution in [0.15, 0.2) is 48.5 Å². The largest absolute Gasteiger partial charge is 0.354 e. The highest BCUT2D eigenvalue weighted by molar-refractivity contribution is 6.46. The monoisotopic (exact) mass is 362 g/mol. The van der Waals surface area contributed by atoms with Crippen molar-refractivity contribution in [1.29, 1.82) is 0 Å². The Kier molecular flexibility index (Phi) is 5.75. The van der Waals surface area contributed by atoms with Crippen molar-refractivity contribution in [2.45, 2.75) is 33.6 Å². The second kappa shape index (κ2) is 8.21. The number of para-hydroxylation sites is 1. The molecule has 0 spiro atoms. The predicted molar refractivity (Wildman–Crippen MR) is 110 cm³/mol. The Morgan fingerprint density at radius 3 is 2.19 bits per heavy atom. The number of nitrogens with one attached hydrogen (secondary N) is 1. The lowest BCUT2D eigenvalue weighted by Crippen LogP contribution is -2.37. The number of carbonyl (C=O) groups is 2. The Bertz CT molecular complexity index is 948. The highest BCUT2D eigenvalue weighted by Gasteiger charge is 2.28. The van der Waals surface area contributed by atoms with Crippen molar-refractivity contribution in [2.24, 2.45) is 0 Å². The zero-order valence-corrected chi connectivity index (χ0v) is 16.2. The summed E-state index contributed by atoms with van der Waals surface area (Å²) in [6, 6.07) is 15.6. The lowest BCUT2D eigenvalue weighted by molar-refractivity contribution is -0.126. The number of fused-ring (bicyclic) bond motifs is 1. The molecule has 27 heavy (non-hydrogen) atoms. The lowest BCUT2D eigenvalue weighted by Gasteiger charge is -2.20. The molecule has 0 aliphatic carbocycles. The van der Waals surface area contributed by atoms with Crippen LogP contribution in [-0.4, -0.2) is 34.7 Å². The van der Waals surface area contributed by atoms with Crippen molar-refractivity contribution in [1.82, 2.24) is 9.88 Å². The van der Waals surface area contributed by atoms with Crippen LogP contribution in [-0.2, 0) is 4.79 Å². The number of aromatic nitrogens is 1. The van der Waals surface area contributed by atoms with Gasteiger partial charge in [0.2, 0.25) is 0 Å². The number of aryl methyl sites for hydroxylation is 1. The fourth-order valence-electron chi connectivity index (χ4n) is 3.42. The maximum absolute atomic E-state index is 13.3. The van der Waals surface area contributed by atoms with Crippen molar-refractivity contribution in [3.05, 3.63) is 59.7 Å². The molecule has 0 radical (unpaired) electrons. The van der Waals surface area contributed by atoms with E-state index in [-0.39, 0.29) is 0 Å². The normalized spacial score (nSPS) is 10.9. The van der Waals surface area contributed by atoms with Gasteiger partial charge in [0.05, 0.1) is 11.3 Å². The summed E-state index contributed by atoms with van der Waals surface area (Å²) in [5.41, 5.74) is 4.10. The summed E-state index contributed by atoms with van der Waals surface area (Å²) < 4.78 is 0. The molecular formula is C23H26N2O2. The molecule has 0 atom stereocenters. The summed E-state index contributed by atoms with van der Waals surface area (Å²) in [4.78, 5) is 31.2. The summed E-state index contributed by atoms with van der Waals surface area (Å²) in [7, 11) is 0. The van der Waals surface area contributed by atoms with Crippen molar-refractivity contribution in [3.63, 3.8) is 0 Å². The highest BCUT2D eigenvalue weighted by Crippen LogP contribution is 2.31. The summed E-state index contributed by atoms with van der Waals surface area (Å²) >= 11 is 0. The molecule has 1 aromatic heterocycles. The number of benzene rings is 2. The van der Waals surface area contributed by atoms with Crippen LogP contribution in [0.1, 0.15) is 42.6 Å². The van der Waals surface area contributed by atoms with Crippen LogP contribution < -0.4 is 0 Å². The molecule has 4 heteroatoms. The number of Topliss-reactive ketones (excluding diaryl/α,β-unsaturated/α-hetero) is 1. The number of nitrogens with zero attached hydrogens (tertiary/aromatic N) is 1. The molecule has 0 aliphatic heterocycles. The van der Waals surface area contributed by atoms with Gasteiger partial charge in [-0.2, -0.15) is 0 Å². The fraction of sp³-hybridized carbons (Fsp3) is 0.304. The van der Waals surface area contributed by atoms with Crippen LogP contribution in [0.2, 0.25) is 0 Å². The van der Waals surface area contributed by atoms with Crippen LogP contribution in [0.25, 0.3) is 22.2 Å². The van der Waals surface area contributed by atoms with Gasteiger partial charge in [0.15, 0.2) is 0 Å². The van der Waals surface area contributed by atoms with Gasteiger partial charge in [-0.05, 0) is 31.4 Å². The van der Waals surface area contributed by atoms with Gasteiger partial charge in [0.25, 0.3) is 11.7 Å². The van der Waals surface area contributed by atoms with Crippen LogP contribution in [0.4, 0.5) is 0 Å². The zero-order chi connectivity index (χ0) is 19.4. The van der Waals surface area contributed by atoms with Crippen molar-refractivity contribution in [2.75, 3.05) is 13.1 Å². The van der Waals surface area contributed by atoms with Crippen LogP contribution in [0.5, 0.6) is 0 Å². The number of ketones is 1. The maximum Gasteiger partial charge on any atom is 0.295 e. The van der Waals surface area contributed by atoms with Gasteiger partial charge in [-0.3, -0.25) is 9.59 Å². The summed E-state index contributed by atoms with van der Waals surface area (Å²) in [6.07, 6.45) is 1.66. The second-order valence-corrected chi connectivity index (χ2v) is 6.91. The van der Waals surface area contributed by atoms with Gasteiger partial charge >= 0.3 is 0 Å². The molecule has 1 heterocycles. The van der Waals surface area contributed by atoms with E-state index in [0.717, 1.165) is 34.9 Å². The summed E-state index contributed by atoms with van der Waals surface area (Å²) in [5, 5.41) is 0.791. The Hall–Kier alpha value is -2.88. The molecule has 0 aliphatic rings. The summed E-state index contributed by atoms with van der Waals surface area (Å²) in [5.74, 6) is -0.860. The molecule has 1 N–H and O–H groups in total. The minimum Gasteiger partial charge on any atom is -0.354 e. The molecule has 3 aromatic rings. The van der Waals surface area contributed by atoms with E-state index < -0.39 is 11.7 Å². The van der Waals surface area contributed by atoms with E-state index in [4.69, 9.17) is 0 Å². The number of carbonyl (C=O) groups excluding carboxylic acids is 2. The standard InChI is InChI=1S/C23H26N2O2/c1-4-14-25(15-5-2)23(27)22(26)20-18-8-6-7-9-19(18)24-21(20)17-12-10-16(3)11-13-17/h6-13,24H,4-5,14-15H2,1-3H3. The molecule has 1 amide bonds. The number of hydrogen-bond donors (Lipinski definition) is 1. The molecule has 0 saturated carbocycles. The number of H-pyrrole nitrogens is 1. The SMILES string of the molecule is CCCN(CCC)C(=O)C(=O)c1c(-c2ccc(C)cc2)[nH]c2ccccc12. The van der Waals surface area contributed by atoms with Crippen LogP contribution in [0, 0.1) is 6.92 Å². The topological polar surface area (TPSA) is 53.2 Å². The predicted octanol–water partition coefficient (Wildman–Crippen LogP) is 4.97. The van der Waals surface area contributed by atoms with Gasteiger partial charge in [-0.1, -0.05) is 61.9 Å². The lowest BCUT2D eigenvalue weighted by atomic mass is 10.00. The second-order valence-electron chi connectivity index (χ2n) is 6.91. The Morgan fingerprint density at radius 2 is 1.56 bits per heavy atom. The zero-order valence-electron chi connectivity index (χ0n) is 16.2. The van der Waals surface area contributed by atoms with E-state index >= 15 is 0 Å². The fourth-order valence-corrected chi connectivity index (χ4v) is 3.42. The van der Waals surface area contributed by atoms with E-state index in [2.05, 4.69) is 4.98 Å². The van der Waals surface area contributed by atoms with E-state index in [1.165, 1.54) is 0 Å². The number of amides is 1. The number of hydrogen-bond acceptors (Lipinski definition) is 2. The average Bonchev–Trinajstić information content (AvgIpc) is 3.06. The first-order chi connectivity index (χ1) is 13.1. The van der Waals surface area contributed by atoms with Crippen LogP contribution in [0.3, 0.4) is 0 Å². The smallest absolute Gasteiger partial charge is 0.295 e. The van der Waals surface area contributed by atoms with Crippen molar-refractivity contribution < 1.29 is 9.59 Å². The Labute approximate surface area is 160 Å². The van der Waals surface area contributed by atoms with Gasteiger partial charge in [-0.25, -0.2) is 0 Å². The van der Waals surface area contributed by atoms with Gasteiger partial charge in [0.1, 0.15) is 0 Å². The summed E-state index contributed by atoms with van der Waals surface area (Å²) in [6.45, 7) is 7.26. The molecule has 0 bridgehead atoms. The molecule has 3 rings (SSSR count). The molecule has 140 valence electrons. The third kappa shape index (κ3) is 3.80. The van der Waals surface area contributed by atoms with E-state index in [0.29, 0.717) is 24.3 Å². The van der Waals surface area contributed by atoms with Crippen molar-refractivity contribution >= 4 is 22.6 Å². The highest BCUT2D eigenvalue weighted by atomic mass is 16.2. The van der Waals surface area contributed by atoms with Crippen LogP contribution >= 0.6 is 0 Å². The first-order valence-electron chi connectivity index (χ1n) is 9.58. The molecule has 2 aromatic carbocycles. The molecule has 0 unspecified atom stereocenters. The third-order valence-electron chi connectivity index (χ3n) is 4.74. The Balaban J connectivity index is 2.11. The van der Waals surface area contributed by atoms with E-state index in [1.807, 2.05) is 69.3 Å². The molecule has 0 saturated heterocycles. The minimum atomic E-state index is -0.440.